The average molecular weight is 190 g/mol. The third-order valence-corrected chi connectivity index (χ3v) is 1.67. The number of nitrogens with zero attached hydrogens (tertiary/aromatic N) is 3. The fourth-order valence-electron chi connectivity index (χ4n) is 0.989. The zero-order valence-electron chi connectivity index (χ0n) is 7.77. The van der Waals surface area contributed by atoms with Gasteiger partial charge < -0.3 is 4.98 Å². The molecule has 0 saturated heterocycles. The van der Waals surface area contributed by atoms with Crippen molar-refractivity contribution in [2.24, 2.45) is 5.11 Å². The predicted octanol–water partition coefficient (Wildman–Crippen LogP) is 2.01. The molecule has 1 N–H and O–H groups in total. The quantitative estimate of drug-likeness (QED) is 0.441. The van der Waals surface area contributed by atoms with E-state index < -0.39 is 0 Å². The molecule has 0 aliphatic carbocycles. The maximum absolute atomic E-state index is 11.0. The van der Waals surface area contributed by atoms with Crippen LogP contribution in [0.25, 0.3) is 16.5 Å². The van der Waals surface area contributed by atoms with Crippen molar-refractivity contribution < 1.29 is 0 Å². The molecule has 72 valence electrons. The standard InChI is InChI=1S/C9H10N4O/c1-7-5-8(6-11-9(7)14)3-2-4-12-13-10/h2-3,5-6H,4H2,1H3,(H,11,14). The highest BCUT2D eigenvalue weighted by molar-refractivity contribution is 5.48. The number of aromatic amines is 1. The van der Waals surface area contributed by atoms with Gasteiger partial charge in [0, 0.05) is 23.2 Å². The van der Waals surface area contributed by atoms with Crippen LogP contribution in [0.2, 0.25) is 0 Å². The number of hydrogen-bond acceptors (Lipinski definition) is 2. The Bertz CT molecular complexity index is 440. The van der Waals surface area contributed by atoms with Gasteiger partial charge in [0.2, 0.25) is 0 Å². The molecule has 0 spiro atoms. The van der Waals surface area contributed by atoms with Crippen LogP contribution < -0.4 is 5.56 Å². The van der Waals surface area contributed by atoms with E-state index in [0.29, 0.717) is 12.1 Å². The summed E-state index contributed by atoms with van der Waals surface area (Å²) in [5.41, 5.74) is 9.48. The van der Waals surface area contributed by atoms with Crippen molar-refractivity contribution in [2.75, 3.05) is 6.54 Å². The molecule has 1 aromatic rings. The molecule has 5 nitrogen and oxygen atoms in total. The van der Waals surface area contributed by atoms with Crippen molar-refractivity contribution in [1.29, 1.82) is 0 Å². The monoisotopic (exact) mass is 190 g/mol. The molecule has 1 rings (SSSR count). The van der Waals surface area contributed by atoms with Crippen molar-refractivity contribution in [3.05, 3.63) is 50.3 Å². The van der Waals surface area contributed by atoms with Crippen LogP contribution in [-0.2, 0) is 0 Å². The van der Waals surface area contributed by atoms with E-state index in [-0.39, 0.29) is 5.56 Å². The molecule has 0 unspecified atom stereocenters. The molecule has 0 bridgehead atoms. The van der Waals surface area contributed by atoms with E-state index in [9.17, 15) is 4.79 Å². The summed E-state index contributed by atoms with van der Waals surface area (Å²) < 4.78 is 0. The van der Waals surface area contributed by atoms with Gasteiger partial charge in [-0.15, -0.1) is 0 Å². The number of azide groups is 1. The molecule has 0 aromatic carbocycles. The Balaban J connectivity index is 2.77. The van der Waals surface area contributed by atoms with E-state index in [0.717, 1.165) is 5.56 Å². The second-order valence-corrected chi connectivity index (χ2v) is 2.76. The first kappa shape index (κ1) is 10.1. The van der Waals surface area contributed by atoms with Gasteiger partial charge in [-0.1, -0.05) is 17.3 Å². The van der Waals surface area contributed by atoms with Gasteiger partial charge in [-0.3, -0.25) is 4.79 Å². The number of pyridine rings is 1. The Morgan fingerprint density at radius 3 is 3.14 bits per heavy atom. The zero-order valence-corrected chi connectivity index (χ0v) is 7.77. The minimum absolute atomic E-state index is 0.0859. The molecule has 0 atom stereocenters. The Morgan fingerprint density at radius 2 is 2.50 bits per heavy atom. The summed E-state index contributed by atoms with van der Waals surface area (Å²) >= 11 is 0. The van der Waals surface area contributed by atoms with Crippen LogP contribution in [-0.4, -0.2) is 11.5 Å². The van der Waals surface area contributed by atoms with Crippen LogP contribution >= 0.6 is 0 Å². The van der Waals surface area contributed by atoms with Gasteiger partial charge in [-0.2, -0.15) is 0 Å². The smallest absolute Gasteiger partial charge is 0.250 e. The SMILES string of the molecule is Cc1cc(C=CCN=[N+]=[N-])c[nH]c1=O. The third-order valence-electron chi connectivity index (χ3n) is 1.67. The van der Waals surface area contributed by atoms with Gasteiger partial charge in [0.05, 0.1) is 0 Å². The van der Waals surface area contributed by atoms with E-state index in [1.54, 1.807) is 31.3 Å². The molecule has 14 heavy (non-hydrogen) atoms. The number of hydrogen-bond donors (Lipinski definition) is 1. The summed E-state index contributed by atoms with van der Waals surface area (Å²) in [6.07, 6.45) is 5.13. The lowest BCUT2D eigenvalue weighted by atomic mass is 10.2. The maximum atomic E-state index is 11.0. The van der Waals surface area contributed by atoms with Gasteiger partial charge in [0.15, 0.2) is 0 Å². The van der Waals surface area contributed by atoms with Crippen molar-refractivity contribution >= 4 is 6.08 Å². The van der Waals surface area contributed by atoms with Crippen LogP contribution in [0, 0.1) is 6.92 Å². The molecule has 0 aliphatic rings. The summed E-state index contributed by atoms with van der Waals surface area (Å²) in [5, 5.41) is 3.35. The average Bonchev–Trinajstić information content (AvgIpc) is 2.18. The number of nitrogens with one attached hydrogen (secondary N) is 1. The number of rotatable bonds is 3. The summed E-state index contributed by atoms with van der Waals surface area (Å²) in [6.45, 7) is 2.05. The topological polar surface area (TPSA) is 81.6 Å². The van der Waals surface area contributed by atoms with Gasteiger partial charge in [0.1, 0.15) is 0 Å². The van der Waals surface area contributed by atoms with Crippen LogP contribution in [0.4, 0.5) is 0 Å². The van der Waals surface area contributed by atoms with E-state index in [1.807, 2.05) is 0 Å². The molecule has 1 heterocycles. The largest absolute Gasteiger partial charge is 0.328 e. The van der Waals surface area contributed by atoms with Crippen LogP contribution in [0.5, 0.6) is 0 Å². The van der Waals surface area contributed by atoms with Crippen molar-refractivity contribution in [1.82, 2.24) is 4.98 Å². The van der Waals surface area contributed by atoms with E-state index in [4.69, 9.17) is 5.53 Å². The Hall–Kier alpha value is -2.00. The molecule has 0 amide bonds. The lowest BCUT2D eigenvalue weighted by molar-refractivity contribution is 1.17. The number of aryl methyl sites for hydroxylation is 1. The second-order valence-electron chi connectivity index (χ2n) is 2.76. The minimum atomic E-state index is -0.0859. The lowest BCUT2D eigenvalue weighted by Crippen LogP contribution is -2.07. The zero-order chi connectivity index (χ0) is 10.4. The van der Waals surface area contributed by atoms with E-state index in [2.05, 4.69) is 15.0 Å². The normalized spacial score (nSPS) is 10.1. The minimum Gasteiger partial charge on any atom is -0.328 e. The highest BCUT2D eigenvalue weighted by Crippen LogP contribution is 1.99. The number of H-pyrrole nitrogens is 1. The fraction of sp³-hybridized carbons (Fsp3) is 0.222. The Labute approximate surface area is 80.7 Å². The van der Waals surface area contributed by atoms with E-state index >= 15 is 0 Å². The fourth-order valence-corrected chi connectivity index (χ4v) is 0.989. The molecular weight excluding hydrogens is 180 g/mol. The molecule has 0 radical (unpaired) electrons. The van der Waals surface area contributed by atoms with Crippen molar-refractivity contribution in [2.45, 2.75) is 6.92 Å². The summed E-state index contributed by atoms with van der Waals surface area (Å²) in [6, 6.07) is 1.77. The first-order chi connectivity index (χ1) is 6.74. The first-order valence-corrected chi connectivity index (χ1v) is 4.11. The Morgan fingerprint density at radius 1 is 1.71 bits per heavy atom. The second kappa shape index (κ2) is 4.89. The number of aromatic nitrogens is 1. The van der Waals surface area contributed by atoms with Crippen LogP contribution in [0.15, 0.2) is 28.2 Å². The molecule has 1 aromatic heterocycles. The van der Waals surface area contributed by atoms with E-state index in [1.165, 1.54) is 0 Å². The van der Waals surface area contributed by atoms with Crippen LogP contribution in [0.1, 0.15) is 11.1 Å². The lowest BCUT2D eigenvalue weighted by Gasteiger charge is -1.94. The van der Waals surface area contributed by atoms with Crippen molar-refractivity contribution in [3.8, 4) is 0 Å². The molecule has 5 heteroatoms. The summed E-state index contributed by atoms with van der Waals surface area (Å²) in [7, 11) is 0. The maximum Gasteiger partial charge on any atom is 0.250 e. The summed E-state index contributed by atoms with van der Waals surface area (Å²) in [5.74, 6) is 0. The Kier molecular flexibility index (Phi) is 3.52. The van der Waals surface area contributed by atoms with Gasteiger partial charge in [0.25, 0.3) is 5.56 Å². The summed E-state index contributed by atoms with van der Waals surface area (Å²) in [4.78, 5) is 16.2. The first-order valence-electron chi connectivity index (χ1n) is 4.11. The molecular formula is C9H10N4O. The van der Waals surface area contributed by atoms with Gasteiger partial charge in [-0.05, 0) is 24.1 Å². The van der Waals surface area contributed by atoms with Gasteiger partial charge in [-0.25, -0.2) is 0 Å². The molecule has 0 saturated carbocycles. The molecule has 0 aliphatic heterocycles. The third kappa shape index (κ3) is 2.80. The highest BCUT2D eigenvalue weighted by Gasteiger charge is 1.92. The highest BCUT2D eigenvalue weighted by atomic mass is 16.1. The predicted molar refractivity (Wildman–Crippen MR) is 54.8 cm³/mol. The van der Waals surface area contributed by atoms with Crippen LogP contribution in [0.3, 0.4) is 0 Å². The van der Waals surface area contributed by atoms with Crippen molar-refractivity contribution in [3.63, 3.8) is 0 Å². The molecule has 0 fully saturated rings. The van der Waals surface area contributed by atoms with Gasteiger partial charge >= 0.3 is 0 Å².